The summed E-state index contributed by atoms with van der Waals surface area (Å²) in [6.07, 6.45) is 3.43. The maximum absolute atomic E-state index is 6.10. The first-order valence-electron chi connectivity index (χ1n) is 8.09. The van der Waals surface area contributed by atoms with Gasteiger partial charge in [-0.05, 0) is 55.1 Å². The second kappa shape index (κ2) is 6.17. The lowest BCUT2D eigenvalue weighted by Crippen LogP contribution is -2.41. The van der Waals surface area contributed by atoms with Crippen molar-refractivity contribution >= 4 is 10.8 Å². The molecule has 2 aromatic rings. The Morgan fingerprint density at radius 1 is 1.19 bits per heavy atom. The number of hydrogen-bond acceptors (Lipinski definition) is 2. The highest BCUT2D eigenvalue weighted by Gasteiger charge is 2.38. The quantitative estimate of drug-likeness (QED) is 0.875. The van der Waals surface area contributed by atoms with E-state index in [2.05, 4.69) is 61.6 Å². The summed E-state index contributed by atoms with van der Waals surface area (Å²) in [5, 5.41) is 6.31. The lowest BCUT2D eigenvalue weighted by molar-refractivity contribution is -0.0124. The number of benzene rings is 2. The number of hydrogen-bond donors (Lipinski definition) is 1. The highest BCUT2D eigenvalue weighted by atomic mass is 16.5. The van der Waals surface area contributed by atoms with Crippen LogP contribution in [0.2, 0.25) is 0 Å². The van der Waals surface area contributed by atoms with Gasteiger partial charge in [0.25, 0.3) is 0 Å². The van der Waals surface area contributed by atoms with E-state index in [1.54, 1.807) is 0 Å². The van der Waals surface area contributed by atoms with Crippen LogP contribution in [0.4, 0.5) is 0 Å². The van der Waals surface area contributed by atoms with Crippen molar-refractivity contribution in [1.82, 2.24) is 5.32 Å². The fourth-order valence-electron chi connectivity index (χ4n) is 3.39. The first-order chi connectivity index (χ1) is 10.2. The summed E-state index contributed by atoms with van der Waals surface area (Å²) in [6.45, 7) is 6.37. The molecule has 1 saturated heterocycles. The number of fused-ring (bicyclic) bond motifs is 1. The topological polar surface area (TPSA) is 21.3 Å². The predicted octanol–water partition coefficient (Wildman–Crippen LogP) is 4.45. The normalized spacial score (nSPS) is 23.5. The summed E-state index contributed by atoms with van der Waals surface area (Å²) in [5.41, 5.74) is 1.25. The predicted molar refractivity (Wildman–Crippen MR) is 88.6 cm³/mol. The minimum absolute atomic E-state index is 0.0857. The molecular weight excluding hydrogens is 258 g/mol. The number of ether oxygens (including phenoxy) is 1. The largest absolute Gasteiger partial charge is 0.373 e. The molecule has 0 amide bonds. The Labute approximate surface area is 127 Å². The van der Waals surface area contributed by atoms with Crippen LogP contribution in [0.25, 0.3) is 10.8 Å². The average molecular weight is 283 g/mol. The molecule has 0 spiro atoms. The van der Waals surface area contributed by atoms with E-state index in [0.29, 0.717) is 0 Å². The van der Waals surface area contributed by atoms with E-state index < -0.39 is 0 Å². The van der Waals surface area contributed by atoms with Crippen LogP contribution < -0.4 is 5.32 Å². The zero-order chi connectivity index (χ0) is 14.7. The van der Waals surface area contributed by atoms with Gasteiger partial charge in [-0.1, -0.05) is 43.3 Å². The summed E-state index contributed by atoms with van der Waals surface area (Å²) in [5.74, 6) is 0. The molecule has 1 aliphatic rings. The molecule has 2 atom stereocenters. The average Bonchev–Trinajstić information content (AvgIpc) is 2.95. The van der Waals surface area contributed by atoms with Gasteiger partial charge in [0.05, 0.1) is 11.6 Å². The zero-order valence-corrected chi connectivity index (χ0v) is 13.1. The minimum Gasteiger partial charge on any atom is -0.373 e. The highest BCUT2D eigenvalue weighted by molar-refractivity contribution is 5.83. The fourth-order valence-corrected chi connectivity index (χ4v) is 3.39. The maximum atomic E-state index is 6.10. The van der Waals surface area contributed by atoms with Gasteiger partial charge < -0.3 is 10.1 Å². The summed E-state index contributed by atoms with van der Waals surface area (Å²) < 4.78 is 6.10. The Balaban J connectivity index is 1.96. The van der Waals surface area contributed by atoms with Crippen molar-refractivity contribution in [2.24, 2.45) is 0 Å². The van der Waals surface area contributed by atoms with Crippen molar-refractivity contribution in [3.63, 3.8) is 0 Å². The SMILES string of the molecule is CCCNC(c1ccc2ccccc2c1)C1(C)CCCO1. The zero-order valence-electron chi connectivity index (χ0n) is 13.1. The van der Waals surface area contributed by atoms with Gasteiger partial charge in [0.15, 0.2) is 0 Å². The molecular formula is C19H25NO. The van der Waals surface area contributed by atoms with Gasteiger partial charge in [-0.15, -0.1) is 0 Å². The molecule has 2 nitrogen and oxygen atoms in total. The van der Waals surface area contributed by atoms with Gasteiger partial charge in [-0.25, -0.2) is 0 Å². The van der Waals surface area contributed by atoms with Crippen LogP contribution in [0.1, 0.15) is 44.7 Å². The van der Waals surface area contributed by atoms with Crippen LogP contribution >= 0.6 is 0 Å². The first-order valence-corrected chi connectivity index (χ1v) is 8.09. The fraction of sp³-hybridized carbons (Fsp3) is 0.474. The van der Waals surface area contributed by atoms with E-state index in [1.807, 2.05) is 0 Å². The van der Waals surface area contributed by atoms with E-state index in [-0.39, 0.29) is 11.6 Å². The molecule has 0 aromatic heterocycles. The second-order valence-electron chi connectivity index (χ2n) is 6.26. The molecule has 21 heavy (non-hydrogen) atoms. The molecule has 1 heterocycles. The van der Waals surface area contributed by atoms with Crippen molar-refractivity contribution in [3.05, 3.63) is 48.0 Å². The van der Waals surface area contributed by atoms with Crippen LogP contribution in [0, 0.1) is 0 Å². The number of nitrogens with one attached hydrogen (secondary N) is 1. The molecule has 1 N–H and O–H groups in total. The van der Waals surface area contributed by atoms with Crippen molar-refractivity contribution in [2.45, 2.75) is 44.8 Å². The third-order valence-corrected chi connectivity index (χ3v) is 4.57. The van der Waals surface area contributed by atoms with E-state index in [1.165, 1.54) is 16.3 Å². The van der Waals surface area contributed by atoms with Crippen molar-refractivity contribution in [1.29, 1.82) is 0 Å². The van der Waals surface area contributed by atoms with Crippen molar-refractivity contribution < 1.29 is 4.74 Å². The van der Waals surface area contributed by atoms with Crippen LogP contribution in [0.5, 0.6) is 0 Å². The molecule has 2 aromatic carbocycles. The van der Waals surface area contributed by atoms with Crippen LogP contribution in [0.15, 0.2) is 42.5 Å². The smallest absolute Gasteiger partial charge is 0.0849 e. The van der Waals surface area contributed by atoms with Crippen molar-refractivity contribution in [2.75, 3.05) is 13.2 Å². The molecule has 0 saturated carbocycles. The van der Waals surface area contributed by atoms with Gasteiger partial charge in [0.1, 0.15) is 0 Å². The first kappa shape index (κ1) is 14.6. The molecule has 0 aliphatic carbocycles. The third-order valence-electron chi connectivity index (χ3n) is 4.57. The second-order valence-corrected chi connectivity index (χ2v) is 6.26. The highest BCUT2D eigenvalue weighted by Crippen LogP contribution is 2.38. The third kappa shape index (κ3) is 2.97. The van der Waals surface area contributed by atoms with E-state index in [4.69, 9.17) is 4.74 Å². The Bertz CT molecular complexity index is 601. The van der Waals surface area contributed by atoms with Crippen LogP contribution in [-0.4, -0.2) is 18.8 Å². The van der Waals surface area contributed by atoms with Gasteiger partial charge in [0.2, 0.25) is 0 Å². The molecule has 0 radical (unpaired) electrons. The molecule has 2 heteroatoms. The van der Waals surface area contributed by atoms with Gasteiger partial charge >= 0.3 is 0 Å². The van der Waals surface area contributed by atoms with Crippen molar-refractivity contribution in [3.8, 4) is 0 Å². The van der Waals surface area contributed by atoms with Gasteiger partial charge in [-0.2, -0.15) is 0 Å². The Kier molecular flexibility index (Phi) is 4.27. The lowest BCUT2D eigenvalue weighted by Gasteiger charge is -2.34. The Morgan fingerprint density at radius 2 is 2.00 bits per heavy atom. The molecule has 2 unspecified atom stereocenters. The molecule has 1 aliphatic heterocycles. The molecule has 3 rings (SSSR count). The lowest BCUT2D eigenvalue weighted by atomic mass is 9.86. The van der Waals surface area contributed by atoms with E-state index in [0.717, 1.165) is 32.4 Å². The minimum atomic E-state index is -0.0857. The summed E-state index contributed by atoms with van der Waals surface area (Å²) >= 11 is 0. The molecule has 112 valence electrons. The Hall–Kier alpha value is -1.38. The van der Waals surface area contributed by atoms with Gasteiger partial charge in [0, 0.05) is 6.61 Å². The van der Waals surface area contributed by atoms with Crippen LogP contribution in [-0.2, 0) is 4.74 Å². The Morgan fingerprint density at radius 3 is 2.71 bits per heavy atom. The van der Waals surface area contributed by atoms with Gasteiger partial charge in [-0.3, -0.25) is 0 Å². The summed E-state index contributed by atoms with van der Waals surface area (Å²) in [7, 11) is 0. The molecule has 0 bridgehead atoms. The maximum Gasteiger partial charge on any atom is 0.0849 e. The molecule has 1 fully saturated rings. The van der Waals surface area contributed by atoms with E-state index >= 15 is 0 Å². The summed E-state index contributed by atoms with van der Waals surface area (Å²) in [6, 6.07) is 15.6. The van der Waals surface area contributed by atoms with Crippen LogP contribution in [0.3, 0.4) is 0 Å². The standard InChI is InChI=1S/C19H25NO/c1-3-12-20-18(19(2)11-6-13-21-19)17-10-9-15-7-4-5-8-16(15)14-17/h4-5,7-10,14,18,20H,3,6,11-13H2,1-2H3. The number of rotatable bonds is 5. The van der Waals surface area contributed by atoms with E-state index in [9.17, 15) is 0 Å². The monoisotopic (exact) mass is 283 g/mol. The summed E-state index contributed by atoms with van der Waals surface area (Å²) in [4.78, 5) is 0.